The molecule has 0 bridgehead atoms. The quantitative estimate of drug-likeness (QED) is 0.679. The van der Waals surface area contributed by atoms with Gasteiger partial charge in [0.15, 0.2) is 0 Å². The van der Waals surface area contributed by atoms with Crippen molar-refractivity contribution in [3.63, 3.8) is 0 Å². The Labute approximate surface area is 152 Å². The molecular formula is C21H22N4O. The zero-order valence-electron chi connectivity index (χ0n) is 14.9. The van der Waals surface area contributed by atoms with Crippen LogP contribution in [0.5, 0.6) is 0 Å². The van der Waals surface area contributed by atoms with E-state index in [4.69, 9.17) is 0 Å². The monoisotopic (exact) mass is 346 g/mol. The lowest BCUT2D eigenvalue weighted by molar-refractivity contribution is 0.0547. The minimum absolute atomic E-state index is 0.131. The van der Waals surface area contributed by atoms with Crippen molar-refractivity contribution in [1.82, 2.24) is 19.9 Å². The number of aromatic nitrogens is 3. The van der Waals surface area contributed by atoms with Crippen molar-refractivity contribution in [3.8, 4) is 0 Å². The van der Waals surface area contributed by atoms with Gasteiger partial charge in [0.25, 0.3) is 5.91 Å². The standard InChI is InChI=1S/C21H22N4O/c1-24-20-11-9-15(13-18(20)22-23-24)21(26)25-12-4-7-17-16-6-3-2-5-14(16)8-10-19(17)25/h2-3,5-6,9,11,13,17,19H,4,7-8,10,12H2,1H3/t17-,19+/m1/s1. The molecule has 26 heavy (non-hydrogen) atoms. The normalized spacial score (nSPS) is 22.1. The minimum atomic E-state index is 0.131. The van der Waals surface area contributed by atoms with Gasteiger partial charge in [-0.3, -0.25) is 4.79 Å². The van der Waals surface area contributed by atoms with Gasteiger partial charge in [0.1, 0.15) is 5.52 Å². The van der Waals surface area contributed by atoms with Crippen LogP contribution in [0, 0.1) is 0 Å². The Morgan fingerprint density at radius 1 is 1.15 bits per heavy atom. The molecule has 1 amide bonds. The van der Waals surface area contributed by atoms with Crippen molar-refractivity contribution >= 4 is 16.9 Å². The highest BCUT2D eigenvalue weighted by Gasteiger charge is 2.38. The third-order valence-corrected chi connectivity index (χ3v) is 6.06. The number of hydrogen-bond donors (Lipinski definition) is 0. The summed E-state index contributed by atoms with van der Waals surface area (Å²) < 4.78 is 1.73. The molecule has 0 unspecified atom stereocenters. The van der Waals surface area contributed by atoms with Crippen LogP contribution in [0.25, 0.3) is 11.0 Å². The van der Waals surface area contributed by atoms with Crippen LogP contribution < -0.4 is 0 Å². The highest BCUT2D eigenvalue weighted by molar-refractivity contribution is 5.97. The van der Waals surface area contributed by atoms with Crippen molar-refractivity contribution < 1.29 is 4.79 Å². The first-order chi connectivity index (χ1) is 12.7. The molecule has 2 heterocycles. The summed E-state index contributed by atoms with van der Waals surface area (Å²) in [4.78, 5) is 15.4. The van der Waals surface area contributed by atoms with Crippen molar-refractivity contribution in [3.05, 3.63) is 59.2 Å². The number of benzene rings is 2. The number of likely N-dealkylation sites (tertiary alicyclic amines) is 1. The summed E-state index contributed by atoms with van der Waals surface area (Å²) in [5, 5.41) is 8.20. The zero-order valence-corrected chi connectivity index (χ0v) is 14.9. The molecule has 1 aromatic heterocycles. The van der Waals surface area contributed by atoms with Crippen LogP contribution in [0.2, 0.25) is 0 Å². The van der Waals surface area contributed by atoms with E-state index in [1.165, 1.54) is 17.5 Å². The maximum atomic E-state index is 13.3. The van der Waals surface area contributed by atoms with Crippen LogP contribution in [0.15, 0.2) is 42.5 Å². The van der Waals surface area contributed by atoms with Gasteiger partial charge in [0.2, 0.25) is 0 Å². The van der Waals surface area contributed by atoms with Gasteiger partial charge in [-0.25, -0.2) is 4.68 Å². The van der Waals surface area contributed by atoms with Gasteiger partial charge >= 0.3 is 0 Å². The molecule has 2 aromatic carbocycles. The van der Waals surface area contributed by atoms with Crippen LogP contribution >= 0.6 is 0 Å². The van der Waals surface area contributed by atoms with E-state index in [0.29, 0.717) is 12.0 Å². The Balaban J connectivity index is 1.48. The third-order valence-electron chi connectivity index (χ3n) is 6.06. The van der Waals surface area contributed by atoms with Crippen LogP contribution in [0.3, 0.4) is 0 Å². The van der Waals surface area contributed by atoms with E-state index in [1.807, 2.05) is 25.2 Å². The van der Waals surface area contributed by atoms with E-state index in [2.05, 4.69) is 39.5 Å². The van der Waals surface area contributed by atoms with Crippen molar-refractivity contribution in [2.75, 3.05) is 6.54 Å². The SMILES string of the molecule is Cn1nnc2cc(C(=O)N3CCC[C@@H]4c5ccccc5CC[C@@H]43)ccc21. The first-order valence-corrected chi connectivity index (χ1v) is 9.40. The molecule has 132 valence electrons. The lowest BCUT2D eigenvalue weighted by Gasteiger charge is -2.45. The lowest BCUT2D eigenvalue weighted by Crippen LogP contribution is -2.49. The molecule has 5 rings (SSSR count). The minimum Gasteiger partial charge on any atom is -0.335 e. The Morgan fingerprint density at radius 3 is 2.96 bits per heavy atom. The number of hydrogen-bond acceptors (Lipinski definition) is 3. The Morgan fingerprint density at radius 2 is 2.04 bits per heavy atom. The van der Waals surface area contributed by atoms with Crippen molar-refractivity contribution in [2.45, 2.75) is 37.6 Å². The third kappa shape index (κ3) is 2.34. The van der Waals surface area contributed by atoms with E-state index in [0.717, 1.165) is 42.4 Å². The smallest absolute Gasteiger partial charge is 0.254 e. The van der Waals surface area contributed by atoms with Crippen LogP contribution in [-0.2, 0) is 13.5 Å². The number of fused-ring (bicyclic) bond motifs is 4. The van der Waals surface area contributed by atoms with Gasteiger partial charge in [-0.1, -0.05) is 29.5 Å². The molecule has 2 aliphatic rings. The number of carbonyl (C=O) groups excluding carboxylic acids is 1. The predicted molar refractivity (Wildman–Crippen MR) is 100 cm³/mol. The molecule has 2 atom stereocenters. The molecule has 0 spiro atoms. The maximum absolute atomic E-state index is 13.3. The molecule has 1 aliphatic carbocycles. The molecule has 1 saturated heterocycles. The number of piperidine rings is 1. The summed E-state index contributed by atoms with van der Waals surface area (Å²) in [5.74, 6) is 0.601. The second-order valence-corrected chi connectivity index (χ2v) is 7.47. The molecule has 0 radical (unpaired) electrons. The van der Waals surface area contributed by atoms with Crippen molar-refractivity contribution in [2.24, 2.45) is 7.05 Å². The molecular weight excluding hydrogens is 324 g/mol. The molecule has 5 nitrogen and oxygen atoms in total. The molecule has 0 saturated carbocycles. The van der Waals surface area contributed by atoms with Crippen LogP contribution in [-0.4, -0.2) is 38.4 Å². The van der Waals surface area contributed by atoms with Gasteiger partial charge in [0, 0.05) is 31.1 Å². The predicted octanol–water partition coefficient (Wildman–Crippen LogP) is 3.30. The van der Waals surface area contributed by atoms with E-state index in [-0.39, 0.29) is 5.91 Å². The second kappa shape index (κ2) is 5.94. The summed E-state index contributed by atoms with van der Waals surface area (Å²) in [6.45, 7) is 0.848. The highest BCUT2D eigenvalue weighted by Crippen LogP contribution is 2.41. The highest BCUT2D eigenvalue weighted by atomic mass is 16.2. The van der Waals surface area contributed by atoms with Gasteiger partial charge in [-0.15, -0.1) is 5.10 Å². The number of nitrogens with zero attached hydrogens (tertiary/aromatic N) is 4. The van der Waals surface area contributed by atoms with E-state index >= 15 is 0 Å². The Hall–Kier alpha value is -2.69. The van der Waals surface area contributed by atoms with Gasteiger partial charge in [0.05, 0.1) is 5.52 Å². The molecule has 1 fully saturated rings. The summed E-state index contributed by atoms with van der Waals surface area (Å²) >= 11 is 0. The average molecular weight is 346 g/mol. The van der Waals surface area contributed by atoms with E-state index in [9.17, 15) is 4.79 Å². The number of aryl methyl sites for hydroxylation is 2. The summed E-state index contributed by atoms with van der Waals surface area (Å²) in [6, 6.07) is 14.8. The number of carbonyl (C=O) groups is 1. The van der Waals surface area contributed by atoms with Crippen LogP contribution in [0.1, 0.15) is 46.7 Å². The lowest BCUT2D eigenvalue weighted by atomic mass is 9.74. The number of rotatable bonds is 1. The average Bonchev–Trinajstić information content (AvgIpc) is 3.07. The van der Waals surface area contributed by atoms with Gasteiger partial charge in [-0.05, 0) is 55.0 Å². The van der Waals surface area contributed by atoms with Crippen molar-refractivity contribution in [1.29, 1.82) is 0 Å². The zero-order chi connectivity index (χ0) is 17.7. The molecule has 1 aliphatic heterocycles. The Bertz CT molecular complexity index is 993. The largest absolute Gasteiger partial charge is 0.335 e. The topological polar surface area (TPSA) is 51.0 Å². The first-order valence-electron chi connectivity index (χ1n) is 9.40. The maximum Gasteiger partial charge on any atom is 0.254 e. The van der Waals surface area contributed by atoms with Gasteiger partial charge < -0.3 is 4.90 Å². The summed E-state index contributed by atoms with van der Waals surface area (Å²) in [7, 11) is 1.87. The summed E-state index contributed by atoms with van der Waals surface area (Å²) in [6.07, 6.45) is 4.36. The molecule has 3 aromatic rings. The molecule has 0 N–H and O–H groups in total. The fourth-order valence-corrected chi connectivity index (χ4v) is 4.80. The second-order valence-electron chi connectivity index (χ2n) is 7.47. The fraction of sp³-hybridized carbons (Fsp3) is 0.381. The van der Waals surface area contributed by atoms with Crippen LogP contribution in [0.4, 0.5) is 0 Å². The van der Waals surface area contributed by atoms with E-state index < -0.39 is 0 Å². The number of amides is 1. The summed E-state index contributed by atoms with van der Waals surface area (Å²) in [5.41, 5.74) is 5.36. The Kier molecular flexibility index (Phi) is 3.55. The fourth-order valence-electron chi connectivity index (χ4n) is 4.80. The van der Waals surface area contributed by atoms with Gasteiger partial charge in [-0.2, -0.15) is 0 Å². The first kappa shape index (κ1) is 15.6. The molecule has 5 heteroatoms. The van der Waals surface area contributed by atoms with E-state index in [1.54, 1.807) is 4.68 Å².